The number of hydrogen-bond donors (Lipinski definition) is 4. The van der Waals surface area contributed by atoms with Crippen LogP contribution in [0.2, 0.25) is 0 Å². The summed E-state index contributed by atoms with van der Waals surface area (Å²) in [5, 5.41) is 37.6. The van der Waals surface area contributed by atoms with E-state index in [1.54, 1.807) is 16.3 Å². The molecule has 1 atom stereocenters. The van der Waals surface area contributed by atoms with Gasteiger partial charge in [0.1, 0.15) is 11.8 Å². The summed E-state index contributed by atoms with van der Waals surface area (Å²) in [5.74, 6) is 2.15. The molecule has 0 aliphatic rings. The molecule has 29 heavy (non-hydrogen) atoms. The molecule has 0 saturated heterocycles. The lowest BCUT2D eigenvalue weighted by atomic mass is 10.3. The van der Waals surface area contributed by atoms with Gasteiger partial charge in [0.25, 0.3) is 0 Å². The molecule has 0 spiro atoms. The Morgan fingerprint density at radius 1 is 1.34 bits per heavy atom. The van der Waals surface area contributed by atoms with Gasteiger partial charge in [-0.25, -0.2) is 9.97 Å². The second-order valence-electron chi connectivity index (χ2n) is 6.22. The number of aliphatic hydroxyl groups is 3. The quantitative estimate of drug-likeness (QED) is 0.374. The highest BCUT2D eigenvalue weighted by molar-refractivity contribution is 7.99. The second-order valence-corrected chi connectivity index (χ2v) is 8.24. The molecule has 0 radical (unpaired) electrons. The molecule has 0 aliphatic heterocycles. The fourth-order valence-electron chi connectivity index (χ4n) is 2.54. The molecule has 0 fully saturated rings. The molecule has 1 unspecified atom stereocenters. The van der Waals surface area contributed by atoms with E-state index in [0.29, 0.717) is 33.9 Å². The number of rotatable bonds is 9. The molecule has 0 amide bonds. The van der Waals surface area contributed by atoms with Gasteiger partial charge >= 0.3 is 0 Å². The Morgan fingerprint density at radius 2 is 2.14 bits per heavy atom. The van der Waals surface area contributed by atoms with Crippen molar-refractivity contribution < 1.29 is 20.1 Å². The highest BCUT2D eigenvalue weighted by atomic mass is 32.2. The average Bonchev–Trinajstić information content (AvgIpc) is 3.27. The molecular weight excluding hydrogens is 414 g/mol. The van der Waals surface area contributed by atoms with Crippen LogP contribution in [0.3, 0.4) is 0 Å². The highest BCUT2D eigenvalue weighted by Crippen LogP contribution is 2.36. The Bertz CT molecular complexity index is 975. The van der Waals surface area contributed by atoms with E-state index in [1.165, 1.54) is 23.1 Å². The van der Waals surface area contributed by atoms with Gasteiger partial charge in [0.15, 0.2) is 22.4 Å². The lowest BCUT2D eigenvalue weighted by Gasteiger charge is -2.13. The number of thiazole rings is 1. The first-order valence-corrected chi connectivity index (χ1v) is 10.7. The number of nitrogens with zero attached hydrogens (tertiary/aromatic N) is 4. The van der Waals surface area contributed by atoms with Crippen LogP contribution in [-0.4, -0.2) is 54.0 Å². The van der Waals surface area contributed by atoms with Gasteiger partial charge in [0.2, 0.25) is 0 Å². The van der Waals surface area contributed by atoms with Crippen molar-refractivity contribution in [3.8, 4) is 11.5 Å². The summed E-state index contributed by atoms with van der Waals surface area (Å²) in [5.41, 5.74) is 2.02. The number of hydrogen-bond acceptors (Lipinski definition) is 10. The maximum Gasteiger partial charge on any atom is 0.188 e. The maximum atomic E-state index is 9.73. The van der Waals surface area contributed by atoms with Gasteiger partial charge < -0.3 is 25.4 Å². The van der Waals surface area contributed by atoms with Crippen molar-refractivity contribution in [3.63, 3.8) is 0 Å². The molecule has 0 aliphatic carbocycles. The van der Waals surface area contributed by atoms with E-state index >= 15 is 0 Å². The van der Waals surface area contributed by atoms with Gasteiger partial charge in [-0.2, -0.15) is 5.10 Å². The van der Waals surface area contributed by atoms with Crippen LogP contribution < -0.4 is 10.1 Å². The lowest BCUT2D eigenvalue weighted by Crippen LogP contribution is -2.03. The molecule has 3 aromatic rings. The summed E-state index contributed by atoms with van der Waals surface area (Å²) in [6.45, 7) is 3.46. The third-order valence-corrected chi connectivity index (χ3v) is 5.82. The first-order valence-electron chi connectivity index (χ1n) is 8.86. The van der Waals surface area contributed by atoms with Crippen LogP contribution in [0, 0.1) is 13.8 Å². The third kappa shape index (κ3) is 5.06. The van der Waals surface area contributed by atoms with Crippen molar-refractivity contribution in [2.24, 2.45) is 7.05 Å². The van der Waals surface area contributed by atoms with E-state index in [4.69, 9.17) is 14.9 Å². The Morgan fingerprint density at radius 3 is 2.79 bits per heavy atom. The summed E-state index contributed by atoms with van der Waals surface area (Å²) in [4.78, 5) is 9.59. The van der Waals surface area contributed by atoms with Gasteiger partial charge in [-0.1, -0.05) is 0 Å². The first-order chi connectivity index (χ1) is 13.9. The largest absolute Gasteiger partial charge is 0.450 e. The highest BCUT2D eigenvalue weighted by Gasteiger charge is 2.17. The lowest BCUT2D eigenvalue weighted by molar-refractivity contribution is 0.0928. The van der Waals surface area contributed by atoms with Crippen molar-refractivity contribution >= 4 is 34.0 Å². The van der Waals surface area contributed by atoms with Gasteiger partial charge in [-0.05, 0) is 19.9 Å². The molecule has 0 bridgehead atoms. The zero-order valence-electron chi connectivity index (χ0n) is 16.3. The van der Waals surface area contributed by atoms with E-state index < -0.39 is 12.7 Å². The van der Waals surface area contributed by atoms with Gasteiger partial charge in [0.05, 0.1) is 24.6 Å². The Labute approximate surface area is 176 Å². The van der Waals surface area contributed by atoms with Crippen LogP contribution in [0.25, 0.3) is 0 Å². The monoisotopic (exact) mass is 437 g/mol. The van der Waals surface area contributed by atoms with E-state index in [-0.39, 0.29) is 6.61 Å². The van der Waals surface area contributed by atoms with Gasteiger partial charge in [-0.15, -0.1) is 23.1 Å². The maximum absolute atomic E-state index is 9.73. The van der Waals surface area contributed by atoms with Gasteiger partial charge in [-0.3, -0.25) is 4.68 Å². The fraction of sp³-hybridized carbons (Fsp3) is 0.389. The number of aryl methyl sites for hydroxylation is 2. The van der Waals surface area contributed by atoms with Crippen molar-refractivity contribution in [1.82, 2.24) is 19.7 Å². The molecule has 0 saturated carbocycles. The smallest absolute Gasteiger partial charge is 0.188 e. The zero-order valence-corrected chi connectivity index (χ0v) is 17.9. The number of aliphatic hydroxyl groups excluding tert-OH is 3. The van der Waals surface area contributed by atoms with Crippen molar-refractivity contribution in [2.45, 2.75) is 24.8 Å². The number of nitrogens with one attached hydrogen (secondary N) is 1. The minimum Gasteiger partial charge on any atom is -0.450 e. The Kier molecular flexibility index (Phi) is 7.09. The SMILES string of the molecule is Cc1nn(C)c(C)c1Oc1cc(SCCO)cnc1Nc1nc(C(O)CO)cs1. The number of pyridine rings is 1. The summed E-state index contributed by atoms with van der Waals surface area (Å²) in [7, 11) is 1.85. The first kappa shape index (κ1) is 21.5. The molecule has 3 aromatic heterocycles. The van der Waals surface area contributed by atoms with Crippen LogP contribution in [0.1, 0.15) is 23.2 Å². The summed E-state index contributed by atoms with van der Waals surface area (Å²) < 4.78 is 7.91. The predicted octanol–water partition coefficient (Wildman–Crippen LogP) is 2.53. The number of ether oxygens (including phenoxy) is 1. The van der Waals surface area contributed by atoms with E-state index in [2.05, 4.69) is 20.4 Å². The van der Waals surface area contributed by atoms with Gasteiger partial charge in [0, 0.05) is 29.3 Å². The van der Waals surface area contributed by atoms with Crippen LogP contribution in [-0.2, 0) is 7.05 Å². The summed E-state index contributed by atoms with van der Waals surface area (Å²) in [6.07, 6.45) is 0.665. The van der Waals surface area contributed by atoms with Crippen molar-refractivity contribution in [3.05, 3.63) is 34.7 Å². The minimum atomic E-state index is -1.02. The Balaban J connectivity index is 1.92. The molecule has 156 valence electrons. The third-order valence-electron chi connectivity index (χ3n) is 4.10. The molecule has 4 N–H and O–H groups in total. The number of thioether (sulfide) groups is 1. The Hall–Kier alpha value is -2.18. The number of anilines is 2. The summed E-state index contributed by atoms with van der Waals surface area (Å²) in [6, 6.07) is 1.85. The van der Waals surface area contributed by atoms with Crippen LogP contribution in [0.5, 0.6) is 11.5 Å². The summed E-state index contributed by atoms with van der Waals surface area (Å²) >= 11 is 2.76. The number of aromatic nitrogens is 4. The predicted molar refractivity (Wildman–Crippen MR) is 112 cm³/mol. The topological polar surface area (TPSA) is 126 Å². The minimum absolute atomic E-state index is 0.0662. The van der Waals surface area contributed by atoms with E-state index in [0.717, 1.165) is 16.3 Å². The van der Waals surface area contributed by atoms with Crippen LogP contribution in [0.4, 0.5) is 10.9 Å². The molecule has 11 heteroatoms. The standard InChI is InChI=1S/C18H23N5O4S2/c1-10-16(11(2)23(3)22-10)27-15-6-12(28-5-4-24)7-19-17(15)21-18-20-13(9-29-18)14(26)8-25/h6-7,9,14,24-26H,4-5,8H2,1-3H3,(H,19,20,21). The van der Waals surface area contributed by atoms with Crippen LogP contribution >= 0.6 is 23.1 Å². The van der Waals surface area contributed by atoms with E-state index in [9.17, 15) is 5.11 Å². The normalized spacial score (nSPS) is 12.2. The van der Waals surface area contributed by atoms with Crippen molar-refractivity contribution in [1.29, 1.82) is 0 Å². The van der Waals surface area contributed by atoms with Crippen molar-refractivity contribution in [2.75, 3.05) is 24.3 Å². The van der Waals surface area contributed by atoms with E-state index in [1.807, 2.05) is 27.0 Å². The molecule has 3 rings (SSSR count). The van der Waals surface area contributed by atoms with Crippen LogP contribution in [0.15, 0.2) is 22.5 Å². The molecule has 0 aromatic carbocycles. The second kappa shape index (κ2) is 9.55. The zero-order chi connectivity index (χ0) is 21.0. The molecule has 3 heterocycles. The molecule has 9 nitrogen and oxygen atoms in total. The average molecular weight is 438 g/mol. The molecular formula is C18H23N5O4S2. The fourth-order valence-corrected chi connectivity index (χ4v) is 3.94.